The SMILES string of the molecule is c1ccc(-c2cnn(C3CCCS3)n2)cc1. The minimum Gasteiger partial charge on any atom is -0.171 e. The predicted molar refractivity (Wildman–Crippen MR) is 66.2 cm³/mol. The molecule has 0 aliphatic carbocycles. The van der Waals surface area contributed by atoms with Crippen molar-refractivity contribution in [3.8, 4) is 11.3 Å². The Morgan fingerprint density at radius 3 is 2.88 bits per heavy atom. The van der Waals surface area contributed by atoms with Gasteiger partial charge in [-0.3, -0.25) is 0 Å². The molecular weight excluding hydrogens is 218 g/mol. The first-order chi connectivity index (χ1) is 7.93. The molecule has 1 aromatic heterocycles. The molecule has 0 saturated carbocycles. The maximum absolute atomic E-state index is 4.55. The average molecular weight is 231 g/mol. The standard InChI is InChI=1S/C12H13N3S/c1-2-5-10(6-3-1)11-9-13-15(14-11)12-7-4-8-16-12/h1-3,5-6,9,12H,4,7-8H2. The second-order valence-electron chi connectivity index (χ2n) is 3.88. The molecular formula is C12H13N3S. The summed E-state index contributed by atoms with van der Waals surface area (Å²) in [6.45, 7) is 0. The first-order valence-corrected chi connectivity index (χ1v) is 6.57. The molecule has 0 N–H and O–H groups in total. The molecule has 1 aliphatic rings. The van der Waals surface area contributed by atoms with Gasteiger partial charge in [0.15, 0.2) is 0 Å². The monoisotopic (exact) mass is 231 g/mol. The smallest absolute Gasteiger partial charge is 0.117 e. The van der Waals surface area contributed by atoms with Crippen LogP contribution in [0.15, 0.2) is 36.5 Å². The van der Waals surface area contributed by atoms with Crippen LogP contribution in [0.25, 0.3) is 11.3 Å². The fourth-order valence-corrected chi connectivity index (χ4v) is 3.07. The minimum absolute atomic E-state index is 0.442. The van der Waals surface area contributed by atoms with E-state index in [0.29, 0.717) is 5.37 Å². The molecule has 2 heterocycles. The molecule has 4 heteroatoms. The third-order valence-electron chi connectivity index (χ3n) is 2.74. The normalized spacial score (nSPS) is 20.1. The molecule has 3 nitrogen and oxygen atoms in total. The highest BCUT2D eigenvalue weighted by Crippen LogP contribution is 2.34. The van der Waals surface area contributed by atoms with Crippen LogP contribution in [-0.4, -0.2) is 20.7 Å². The van der Waals surface area contributed by atoms with Crippen molar-refractivity contribution in [1.29, 1.82) is 0 Å². The van der Waals surface area contributed by atoms with Gasteiger partial charge in [-0.2, -0.15) is 15.0 Å². The van der Waals surface area contributed by atoms with Gasteiger partial charge in [0.05, 0.1) is 6.20 Å². The quantitative estimate of drug-likeness (QED) is 0.796. The van der Waals surface area contributed by atoms with Gasteiger partial charge in [-0.15, -0.1) is 11.8 Å². The zero-order valence-corrected chi connectivity index (χ0v) is 9.73. The zero-order chi connectivity index (χ0) is 10.8. The first kappa shape index (κ1) is 9.90. The van der Waals surface area contributed by atoms with E-state index in [1.807, 2.05) is 41.0 Å². The van der Waals surface area contributed by atoms with Gasteiger partial charge in [0, 0.05) is 5.56 Å². The Kier molecular flexibility index (Phi) is 2.66. The van der Waals surface area contributed by atoms with E-state index in [1.54, 1.807) is 0 Å². The minimum atomic E-state index is 0.442. The lowest BCUT2D eigenvalue weighted by molar-refractivity contribution is 0.511. The molecule has 2 aromatic rings. The van der Waals surface area contributed by atoms with Crippen molar-refractivity contribution in [2.75, 3.05) is 5.75 Å². The van der Waals surface area contributed by atoms with E-state index in [4.69, 9.17) is 0 Å². The number of nitrogens with zero attached hydrogens (tertiary/aromatic N) is 3. The van der Waals surface area contributed by atoms with Gasteiger partial charge in [-0.25, -0.2) is 0 Å². The summed E-state index contributed by atoms with van der Waals surface area (Å²) in [5, 5.41) is 9.35. The molecule has 1 fully saturated rings. The van der Waals surface area contributed by atoms with Crippen molar-refractivity contribution >= 4 is 11.8 Å². The molecule has 1 atom stereocenters. The fourth-order valence-electron chi connectivity index (χ4n) is 1.90. The van der Waals surface area contributed by atoms with Crippen molar-refractivity contribution in [3.63, 3.8) is 0 Å². The summed E-state index contributed by atoms with van der Waals surface area (Å²) < 4.78 is 0. The van der Waals surface area contributed by atoms with Crippen molar-refractivity contribution in [3.05, 3.63) is 36.5 Å². The van der Waals surface area contributed by atoms with E-state index >= 15 is 0 Å². The van der Waals surface area contributed by atoms with E-state index in [9.17, 15) is 0 Å². The molecule has 1 unspecified atom stereocenters. The van der Waals surface area contributed by atoms with Gasteiger partial charge < -0.3 is 0 Å². The van der Waals surface area contributed by atoms with Crippen LogP contribution in [0.3, 0.4) is 0 Å². The van der Waals surface area contributed by atoms with Crippen LogP contribution < -0.4 is 0 Å². The largest absolute Gasteiger partial charge is 0.171 e. The van der Waals surface area contributed by atoms with Crippen molar-refractivity contribution in [1.82, 2.24) is 15.0 Å². The van der Waals surface area contributed by atoms with Crippen LogP contribution >= 0.6 is 11.8 Å². The molecule has 1 aliphatic heterocycles. The van der Waals surface area contributed by atoms with Gasteiger partial charge in [0.2, 0.25) is 0 Å². The lowest BCUT2D eigenvalue weighted by Gasteiger charge is -2.05. The van der Waals surface area contributed by atoms with E-state index in [0.717, 1.165) is 11.3 Å². The van der Waals surface area contributed by atoms with Crippen molar-refractivity contribution < 1.29 is 0 Å². The average Bonchev–Trinajstić information content (AvgIpc) is 3.01. The zero-order valence-electron chi connectivity index (χ0n) is 8.91. The van der Waals surface area contributed by atoms with Crippen molar-refractivity contribution in [2.24, 2.45) is 0 Å². The van der Waals surface area contributed by atoms with Crippen LogP contribution in [0, 0.1) is 0 Å². The van der Waals surface area contributed by atoms with E-state index in [2.05, 4.69) is 22.3 Å². The highest BCUT2D eigenvalue weighted by atomic mass is 32.2. The van der Waals surface area contributed by atoms with Crippen LogP contribution in [0.5, 0.6) is 0 Å². The molecule has 82 valence electrons. The second-order valence-corrected chi connectivity index (χ2v) is 5.17. The maximum atomic E-state index is 4.55. The van der Waals surface area contributed by atoms with Gasteiger partial charge in [0.25, 0.3) is 0 Å². The Morgan fingerprint density at radius 2 is 2.12 bits per heavy atom. The molecule has 0 bridgehead atoms. The van der Waals surface area contributed by atoms with E-state index in [-0.39, 0.29) is 0 Å². The Bertz CT molecular complexity index is 460. The van der Waals surface area contributed by atoms with Gasteiger partial charge in [-0.05, 0) is 18.6 Å². The number of aromatic nitrogens is 3. The second kappa shape index (κ2) is 4.29. The van der Waals surface area contributed by atoms with E-state index in [1.165, 1.54) is 18.6 Å². The summed E-state index contributed by atoms with van der Waals surface area (Å²) in [6.07, 6.45) is 4.32. The Balaban J connectivity index is 1.87. The third kappa shape index (κ3) is 1.85. The van der Waals surface area contributed by atoms with Crippen LogP contribution in [0.4, 0.5) is 0 Å². The number of hydrogen-bond donors (Lipinski definition) is 0. The summed E-state index contributed by atoms with van der Waals surface area (Å²) in [4.78, 5) is 1.86. The fraction of sp³-hybridized carbons (Fsp3) is 0.333. The predicted octanol–water partition coefficient (Wildman–Crippen LogP) is 2.97. The van der Waals surface area contributed by atoms with Gasteiger partial charge in [-0.1, -0.05) is 30.3 Å². The highest BCUT2D eigenvalue weighted by molar-refractivity contribution is 7.99. The lowest BCUT2D eigenvalue weighted by atomic mass is 10.2. The lowest BCUT2D eigenvalue weighted by Crippen LogP contribution is -2.05. The maximum Gasteiger partial charge on any atom is 0.117 e. The Hall–Kier alpha value is -1.29. The summed E-state index contributed by atoms with van der Waals surface area (Å²) >= 11 is 1.94. The van der Waals surface area contributed by atoms with Crippen LogP contribution in [0.1, 0.15) is 18.2 Å². The Morgan fingerprint density at radius 1 is 1.25 bits per heavy atom. The summed E-state index contributed by atoms with van der Waals surface area (Å²) in [5.41, 5.74) is 2.10. The molecule has 16 heavy (non-hydrogen) atoms. The molecule has 0 spiro atoms. The van der Waals surface area contributed by atoms with Crippen LogP contribution in [0.2, 0.25) is 0 Å². The number of thioether (sulfide) groups is 1. The van der Waals surface area contributed by atoms with Gasteiger partial charge >= 0.3 is 0 Å². The van der Waals surface area contributed by atoms with Crippen molar-refractivity contribution in [2.45, 2.75) is 18.2 Å². The molecule has 1 aromatic carbocycles. The van der Waals surface area contributed by atoms with Gasteiger partial charge in [0.1, 0.15) is 11.1 Å². The van der Waals surface area contributed by atoms with E-state index < -0.39 is 0 Å². The molecule has 0 radical (unpaired) electrons. The number of benzene rings is 1. The summed E-state index contributed by atoms with van der Waals surface area (Å²) in [7, 11) is 0. The topological polar surface area (TPSA) is 30.7 Å². The molecule has 1 saturated heterocycles. The first-order valence-electron chi connectivity index (χ1n) is 5.52. The summed E-state index contributed by atoms with van der Waals surface area (Å²) in [6, 6.07) is 10.2. The highest BCUT2D eigenvalue weighted by Gasteiger charge is 2.19. The number of rotatable bonds is 2. The molecule has 0 amide bonds. The molecule has 3 rings (SSSR count). The number of hydrogen-bond acceptors (Lipinski definition) is 3. The Labute approximate surface area is 98.9 Å². The van der Waals surface area contributed by atoms with Crippen LogP contribution in [-0.2, 0) is 0 Å². The third-order valence-corrected chi connectivity index (χ3v) is 4.07. The summed E-state index contributed by atoms with van der Waals surface area (Å²) in [5.74, 6) is 1.23.